The first-order valence-corrected chi connectivity index (χ1v) is 9.44. The van der Waals surface area contributed by atoms with E-state index in [1.165, 1.54) is 5.56 Å². The molecule has 0 saturated carbocycles. The van der Waals surface area contributed by atoms with Crippen LogP contribution in [-0.4, -0.2) is 21.3 Å². The zero-order valence-electron chi connectivity index (χ0n) is 14.2. The lowest BCUT2D eigenvalue weighted by Gasteiger charge is -2.09. The first-order chi connectivity index (χ1) is 12.0. The minimum absolute atomic E-state index is 0.103. The minimum atomic E-state index is -1.87. The number of hydrogen-bond acceptors (Lipinski definition) is 3. The van der Waals surface area contributed by atoms with Crippen molar-refractivity contribution in [3.8, 4) is 0 Å². The highest BCUT2D eigenvalue weighted by Gasteiger charge is 2.27. The Morgan fingerprint density at radius 1 is 1.12 bits per heavy atom. The number of ether oxygens (including phenoxy) is 1. The van der Waals surface area contributed by atoms with Gasteiger partial charge in [0.25, 0.3) is 0 Å². The molecule has 0 bridgehead atoms. The molecule has 0 aliphatic carbocycles. The summed E-state index contributed by atoms with van der Waals surface area (Å²) in [5.41, 5.74) is 6.18. The molecule has 0 radical (unpaired) electrons. The standard InChI is InChI=1S/C20H20O4S/c1-3-14-4-6-15(7-5-14)19-18(11-24-20(19)21)16-8-9-17(12-25(22)23)13(2)10-16/h4-10H,3,11-12H2,1-2H3,(H,22,23). The number of aryl methyl sites for hydroxylation is 2. The fourth-order valence-electron chi connectivity index (χ4n) is 3.01. The smallest absolute Gasteiger partial charge is 0.339 e. The molecule has 0 saturated heterocycles. The molecule has 0 spiro atoms. The Morgan fingerprint density at radius 2 is 1.80 bits per heavy atom. The Kier molecular flexibility index (Phi) is 5.16. The van der Waals surface area contributed by atoms with Crippen LogP contribution in [0.1, 0.15) is 34.7 Å². The summed E-state index contributed by atoms with van der Waals surface area (Å²) in [5.74, 6) is -0.205. The largest absolute Gasteiger partial charge is 0.457 e. The normalized spacial score (nSPS) is 15.4. The topological polar surface area (TPSA) is 63.6 Å². The molecule has 1 atom stereocenters. The van der Waals surface area contributed by atoms with Crippen molar-refractivity contribution in [2.45, 2.75) is 26.0 Å². The third-order valence-corrected chi connectivity index (χ3v) is 5.03. The predicted molar refractivity (Wildman–Crippen MR) is 99.2 cm³/mol. The van der Waals surface area contributed by atoms with Crippen molar-refractivity contribution in [3.05, 3.63) is 70.3 Å². The van der Waals surface area contributed by atoms with Crippen LogP contribution in [0.2, 0.25) is 0 Å². The average Bonchev–Trinajstić information content (AvgIpc) is 2.98. The van der Waals surface area contributed by atoms with Crippen molar-refractivity contribution in [2.24, 2.45) is 0 Å². The Hall–Kier alpha value is -2.24. The molecule has 2 aromatic carbocycles. The lowest BCUT2D eigenvalue weighted by molar-refractivity contribution is -0.133. The lowest BCUT2D eigenvalue weighted by atomic mass is 9.94. The Labute approximate surface area is 149 Å². The van der Waals surface area contributed by atoms with E-state index in [0.29, 0.717) is 5.57 Å². The molecular formula is C20H20O4S. The van der Waals surface area contributed by atoms with Gasteiger partial charge in [0, 0.05) is 5.57 Å². The van der Waals surface area contributed by atoms with Gasteiger partial charge in [0.1, 0.15) is 6.61 Å². The first-order valence-electron chi connectivity index (χ1n) is 8.16. The van der Waals surface area contributed by atoms with Crippen LogP contribution in [0.3, 0.4) is 0 Å². The molecular weight excluding hydrogens is 336 g/mol. The molecule has 1 unspecified atom stereocenters. The Balaban J connectivity index is 2.03. The van der Waals surface area contributed by atoms with Crippen molar-refractivity contribution in [2.75, 3.05) is 6.61 Å². The molecule has 1 N–H and O–H groups in total. The molecule has 0 aromatic heterocycles. The summed E-state index contributed by atoms with van der Waals surface area (Å²) in [7, 11) is 0. The molecule has 130 valence electrons. The van der Waals surface area contributed by atoms with Crippen LogP contribution in [0.4, 0.5) is 0 Å². The van der Waals surface area contributed by atoms with Crippen LogP contribution in [0.15, 0.2) is 42.5 Å². The monoisotopic (exact) mass is 356 g/mol. The maximum atomic E-state index is 12.3. The maximum absolute atomic E-state index is 12.3. The fraction of sp³-hybridized carbons (Fsp3) is 0.250. The van der Waals surface area contributed by atoms with E-state index in [-0.39, 0.29) is 18.3 Å². The fourth-order valence-corrected chi connectivity index (χ4v) is 3.60. The lowest BCUT2D eigenvalue weighted by Crippen LogP contribution is -1.99. The van der Waals surface area contributed by atoms with E-state index in [1.807, 2.05) is 49.4 Å². The van der Waals surface area contributed by atoms with Gasteiger partial charge >= 0.3 is 5.97 Å². The summed E-state index contributed by atoms with van der Waals surface area (Å²) >= 11 is -1.87. The van der Waals surface area contributed by atoms with Crippen LogP contribution in [0.25, 0.3) is 11.1 Å². The molecule has 1 aliphatic heterocycles. The summed E-state index contributed by atoms with van der Waals surface area (Å²) in [6, 6.07) is 13.6. The van der Waals surface area contributed by atoms with Gasteiger partial charge < -0.3 is 9.29 Å². The number of hydrogen-bond donors (Lipinski definition) is 1. The highest BCUT2D eigenvalue weighted by Crippen LogP contribution is 2.33. The van der Waals surface area contributed by atoms with Gasteiger partial charge in [0.2, 0.25) is 0 Å². The Morgan fingerprint density at radius 3 is 2.40 bits per heavy atom. The van der Waals surface area contributed by atoms with Crippen LogP contribution in [-0.2, 0) is 32.8 Å². The van der Waals surface area contributed by atoms with E-state index in [9.17, 15) is 9.00 Å². The summed E-state index contributed by atoms with van der Waals surface area (Å²) in [6.07, 6.45) is 0.948. The van der Waals surface area contributed by atoms with Crippen molar-refractivity contribution in [3.63, 3.8) is 0 Å². The van der Waals surface area contributed by atoms with Crippen molar-refractivity contribution < 1.29 is 18.3 Å². The predicted octanol–water partition coefficient (Wildman–Crippen LogP) is 3.75. The number of rotatable bonds is 5. The van der Waals surface area contributed by atoms with E-state index >= 15 is 0 Å². The molecule has 1 heterocycles. The highest BCUT2D eigenvalue weighted by atomic mass is 32.2. The van der Waals surface area contributed by atoms with Crippen LogP contribution in [0.5, 0.6) is 0 Å². The SMILES string of the molecule is CCc1ccc(C2=C(c3ccc(CS(=O)O)c(C)c3)COC2=O)cc1. The van der Waals surface area contributed by atoms with Gasteiger partial charge in [-0.25, -0.2) is 9.00 Å². The van der Waals surface area contributed by atoms with E-state index in [4.69, 9.17) is 9.29 Å². The van der Waals surface area contributed by atoms with E-state index < -0.39 is 11.1 Å². The van der Waals surface area contributed by atoms with Gasteiger partial charge in [-0.2, -0.15) is 0 Å². The third kappa shape index (κ3) is 3.72. The molecule has 5 heteroatoms. The average molecular weight is 356 g/mol. The van der Waals surface area contributed by atoms with Gasteiger partial charge in [0.15, 0.2) is 11.1 Å². The minimum Gasteiger partial charge on any atom is -0.457 e. The highest BCUT2D eigenvalue weighted by molar-refractivity contribution is 7.78. The van der Waals surface area contributed by atoms with Crippen molar-refractivity contribution >= 4 is 28.2 Å². The number of esters is 1. The van der Waals surface area contributed by atoms with Crippen LogP contribution >= 0.6 is 0 Å². The number of cyclic esters (lactones) is 1. The van der Waals surface area contributed by atoms with Crippen LogP contribution in [0, 0.1) is 6.92 Å². The van der Waals surface area contributed by atoms with Gasteiger partial charge in [-0.15, -0.1) is 0 Å². The van der Waals surface area contributed by atoms with Gasteiger partial charge in [-0.05, 0) is 41.2 Å². The van der Waals surface area contributed by atoms with Crippen molar-refractivity contribution in [1.29, 1.82) is 0 Å². The second kappa shape index (κ2) is 7.33. The van der Waals surface area contributed by atoms with Crippen LogP contribution < -0.4 is 0 Å². The van der Waals surface area contributed by atoms with Gasteiger partial charge in [0.05, 0.1) is 11.3 Å². The van der Waals surface area contributed by atoms with E-state index in [2.05, 4.69) is 6.92 Å². The quantitative estimate of drug-likeness (QED) is 0.655. The summed E-state index contributed by atoms with van der Waals surface area (Å²) in [4.78, 5) is 12.3. The maximum Gasteiger partial charge on any atom is 0.339 e. The molecule has 2 aromatic rings. The molecule has 0 amide bonds. The second-order valence-corrected chi connectivity index (χ2v) is 7.02. The first kappa shape index (κ1) is 17.6. The number of carbonyl (C=O) groups is 1. The molecule has 0 fully saturated rings. The number of benzene rings is 2. The molecule has 1 aliphatic rings. The van der Waals surface area contributed by atoms with Gasteiger partial charge in [-0.3, -0.25) is 0 Å². The third-order valence-electron chi connectivity index (χ3n) is 4.47. The zero-order chi connectivity index (χ0) is 18.0. The summed E-state index contributed by atoms with van der Waals surface area (Å²) in [5, 5.41) is 0. The molecule has 3 rings (SSSR count). The number of carbonyl (C=O) groups excluding carboxylic acids is 1. The molecule has 4 nitrogen and oxygen atoms in total. The Bertz CT molecular complexity index is 866. The van der Waals surface area contributed by atoms with Crippen molar-refractivity contribution in [1.82, 2.24) is 0 Å². The van der Waals surface area contributed by atoms with E-state index in [0.717, 1.165) is 34.2 Å². The second-order valence-electron chi connectivity index (χ2n) is 6.09. The summed E-state index contributed by atoms with van der Waals surface area (Å²) in [6.45, 7) is 4.24. The van der Waals surface area contributed by atoms with Gasteiger partial charge in [-0.1, -0.05) is 49.4 Å². The molecule has 25 heavy (non-hydrogen) atoms. The summed E-state index contributed by atoms with van der Waals surface area (Å²) < 4.78 is 25.4. The van der Waals surface area contributed by atoms with E-state index in [1.54, 1.807) is 0 Å². The zero-order valence-corrected chi connectivity index (χ0v) is 15.1.